The molecule has 2 aliphatic carbocycles. The second-order valence-electron chi connectivity index (χ2n) is 3.99. The third-order valence-corrected chi connectivity index (χ3v) is 2.70. The van der Waals surface area contributed by atoms with Crippen molar-refractivity contribution in [3.63, 3.8) is 0 Å². The van der Waals surface area contributed by atoms with Gasteiger partial charge in [0.1, 0.15) is 0 Å². The molecule has 1 aromatic carbocycles. The Morgan fingerprint density at radius 1 is 0.778 bits per heavy atom. The number of benzene rings is 1. The maximum absolute atomic E-state index is 2.30. The molecular formula is C17H25Ru. The molecule has 0 saturated heterocycles. The molecule has 1 heteroatoms. The van der Waals surface area contributed by atoms with Crippen molar-refractivity contribution in [1.29, 1.82) is 0 Å². The molecule has 0 nitrogen and oxygen atoms in total. The summed E-state index contributed by atoms with van der Waals surface area (Å²) in [5.74, 6) is 1.62. The van der Waals surface area contributed by atoms with E-state index in [0.717, 1.165) is 11.8 Å². The molecule has 2 aliphatic rings. The van der Waals surface area contributed by atoms with Crippen LogP contribution in [0.3, 0.4) is 0 Å². The molecule has 18 heavy (non-hydrogen) atoms. The Balaban J connectivity index is -0.000000205. The van der Waals surface area contributed by atoms with Crippen molar-refractivity contribution in [2.45, 2.75) is 13.3 Å². The number of hydrogen-bond donors (Lipinski definition) is 0. The molecule has 0 atom stereocenters. The van der Waals surface area contributed by atoms with E-state index < -0.39 is 0 Å². The van der Waals surface area contributed by atoms with Gasteiger partial charge >= 0.3 is 19.5 Å². The average Bonchev–Trinajstić information content (AvgIpc) is 2.83. The number of allylic oxidation sites excluding steroid dienone is 4. The van der Waals surface area contributed by atoms with Crippen molar-refractivity contribution >= 4 is 0 Å². The van der Waals surface area contributed by atoms with Crippen LogP contribution in [0.5, 0.6) is 0 Å². The molecular weight excluding hydrogens is 305 g/mol. The van der Waals surface area contributed by atoms with Crippen molar-refractivity contribution in [3.05, 3.63) is 82.5 Å². The van der Waals surface area contributed by atoms with Crippen LogP contribution in [0, 0.1) is 41.0 Å². The molecule has 0 heterocycles. The standard InChI is InChI=1S/2C7H8.3CH3.Ru/c1-2-7-4-3-6(1)5-7;1-7-5-3-2-4-6-7;;;;/h1-4,6-7H,5H2;2-6H,1H3;3*1H3;/q;;3*-1;+3. The minimum Gasteiger partial charge on any atom is -0.358 e. The second kappa shape index (κ2) is 11.4. The Kier molecular flexibility index (Phi) is 14.3. The zero-order chi connectivity index (χ0) is 9.80. The molecule has 1 aromatic rings. The van der Waals surface area contributed by atoms with Crippen LogP contribution < -0.4 is 0 Å². The first kappa shape index (κ1) is 22.5. The average molecular weight is 330 g/mol. The van der Waals surface area contributed by atoms with Gasteiger partial charge in [0.05, 0.1) is 0 Å². The van der Waals surface area contributed by atoms with Crippen LogP contribution in [-0.2, 0) is 19.5 Å². The summed E-state index contributed by atoms with van der Waals surface area (Å²) in [6, 6.07) is 10.3. The summed E-state index contributed by atoms with van der Waals surface area (Å²) in [6.45, 7) is 2.08. The predicted molar refractivity (Wildman–Crippen MR) is 80.3 cm³/mol. The van der Waals surface area contributed by atoms with Crippen LogP contribution in [0.25, 0.3) is 0 Å². The van der Waals surface area contributed by atoms with Gasteiger partial charge in [0.15, 0.2) is 0 Å². The van der Waals surface area contributed by atoms with Gasteiger partial charge < -0.3 is 22.3 Å². The summed E-state index contributed by atoms with van der Waals surface area (Å²) in [6.07, 6.45) is 10.5. The van der Waals surface area contributed by atoms with E-state index >= 15 is 0 Å². The molecule has 2 bridgehead atoms. The fourth-order valence-corrected chi connectivity index (χ4v) is 1.86. The molecule has 0 N–H and O–H groups in total. The maximum Gasteiger partial charge on any atom is 3.00 e. The van der Waals surface area contributed by atoms with Gasteiger partial charge in [-0.05, 0) is 25.2 Å². The first-order valence-electron chi connectivity index (χ1n) is 5.23. The smallest absolute Gasteiger partial charge is 0.358 e. The monoisotopic (exact) mass is 331 g/mol. The van der Waals surface area contributed by atoms with Gasteiger partial charge in [-0.1, -0.05) is 60.2 Å². The molecule has 0 amide bonds. The fourth-order valence-electron chi connectivity index (χ4n) is 1.86. The van der Waals surface area contributed by atoms with Crippen molar-refractivity contribution in [3.8, 4) is 0 Å². The van der Waals surface area contributed by atoms with E-state index in [1.807, 2.05) is 18.2 Å². The summed E-state index contributed by atoms with van der Waals surface area (Å²) in [7, 11) is 0. The SMILES string of the molecule is C1=CC2C=CC1C2.Cc1ccccc1.[CH3-].[CH3-].[CH3-].[Ru+3]. The molecule has 0 saturated carbocycles. The van der Waals surface area contributed by atoms with E-state index in [4.69, 9.17) is 0 Å². The van der Waals surface area contributed by atoms with Gasteiger partial charge in [-0.25, -0.2) is 0 Å². The van der Waals surface area contributed by atoms with Gasteiger partial charge in [-0.2, -0.15) is 0 Å². The minimum atomic E-state index is 0. The number of hydrogen-bond acceptors (Lipinski definition) is 0. The van der Waals surface area contributed by atoms with Crippen molar-refractivity contribution in [2.24, 2.45) is 11.8 Å². The summed E-state index contributed by atoms with van der Waals surface area (Å²) >= 11 is 0. The molecule has 101 valence electrons. The summed E-state index contributed by atoms with van der Waals surface area (Å²) < 4.78 is 0. The third kappa shape index (κ3) is 6.91. The van der Waals surface area contributed by atoms with Crippen molar-refractivity contribution in [2.75, 3.05) is 0 Å². The Morgan fingerprint density at radius 2 is 1.17 bits per heavy atom. The molecule has 0 unspecified atom stereocenters. The number of rotatable bonds is 0. The van der Waals surface area contributed by atoms with Gasteiger partial charge in [0.2, 0.25) is 0 Å². The van der Waals surface area contributed by atoms with E-state index in [-0.39, 0.29) is 41.8 Å². The number of aryl methyl sites for hydroxylation is 1. The van der Waals surface area contributed by atoms with Crippen LogP contribution >= 0.6 is 0 Å². The van der Waals surface area contributed by atoms with Gasteiger partial charge in [-0.15, -0.1) is 0 Å². The Labute approximate surface area is 127 Å². The van der Waals surface area contributed by atoms with Gasteiger partial charge in [0.25, 0.3) is 0 Å². The Hall–Kier alpha value is -0.677. The largest absolute Gasteiger partial charge is 3.00 e. The van der Waals surface area contributed by atoms with Crippen molar-refractivity contribution < 1.29 is 19.5 Å². The molecule has 0 aromatic heterocycles. The van der Waals surface area contributed by atoms with Gasteiger partial charge in [-0.3, -0.25) is 0 Å². The maximum atomic E-state index is 2.30. The Bertz CT molecular complexity index is 310. The van der Waals surface area contributed by atoms with Crippen LogP contribution in [0.15, 0.2) is 54.6 Å². The summed E-state index contributed by atoms with van der Waals surface area (Å²) in [5, 5.41) is 0. The summed E-state index contributed by atoms with van der Waals surface area (Å²) in [5.41, 5.74) is 1.32. The van der Waals surface area contributed by atoms with E-state index in [1.54, 1.807) is 0 Å². The van der Waals surface area contributed by atoms with E-state index in [0.29, 0.717) is 0 Å². The number of fused-ring (bicyclic) bond motifs is 2. The first-order chi connectivity index (χ1) is 6.84. The fraction of sp³-hybridized carbons (Fsp3) is 0.235. The zero-order valence-electron chi connectivity index (χ0n) is 11.9. The van der Waals surface area contributed by atoms with Crippen LogP contribution in [0.4, 0.5) is 0 Å². The topological polar surface area (TPSA) is 0 Å². The predicted octanol–water partition coefficient (Wildman–Crippen LogP) is 5.09. The molecule has 0 spiro atoms. The second-order valence-corrected chi connectivity index (χ2v) is 3.99. The molecule has 1 radical (unpaired) electrons. The molecule has 3 rings (SSSR count). The van der Waals surface area contributed by atoms with E-state index in [2.05, 4.69) is 43.4 Å². The van der Waals surface area contributed by atoms with Gasteiger partial charge in [0, 0.05) is 0 Å². The summed E-state index contributed by atoms with van der Waals surface area (Å²) in [4.78, 5) is 0. The van der Waals surface area contributed by atoms with Crippen LogP contribution in [-0.4, -0.2) is 0 Å². The first-order valence-corrected chi connectivity index (χ1v) is 5.23. The van der Waals surface area contributed by atoms with E-state index in [9.17, 15) is 0 Å². The molecule has 0 fully saturated rings. The van der Waals surface area contributed by atoms with Crippen LogP contribution in [0.1, 0.15) is 12.0 Å². The molecule has 0 aliphatic heterocycles. The zero-order valence-corrected chi connectivity index (χ0v) is 13.6. The third-order valence-electron chi connectivity index (χ3n) is 2.70. The minimum absolute atomic E-state index is 0. The van der Waals surface area contributed by atoms with Crippen LogP contribution in [0.2, 0.25) is 0 Å². The Morgan fingerprint density at radius 3 is 1.33 bits per heavy atom. The van der Waals surface area contributed by atoms with Crippen molar-refractivity contribution in [1.82, 2.24) is 0 Å². The quantitative estimate of drug-likeness (QED) is 0.353. The van der Waals surface area contributed by atoms with E-state index in [1.165, 1.54) is 12.0 Å². The normalized spacial score (nSPS) is 20.3.